The lowest BCUT2D eigenvalue weighted by molar-refractivity contribution is -0.148. The Morgan fingerprint density at radius 2 is 1.31 bits per heavy atom. The van der Waals surface area contributed by atoms with Gasteiger partial charge in [-0.2, -0.15) is 0 Å². The number of esters is 1. The van der Waals surface area contributed by atoms with Crippen LogP contribution in [0.5, 0.6) is 0 Å². The van der Waals surface area contributed by atoms with Gasteiger partial charge >= 0.3 is 12.1 Å². The van der Waals surface area contributed by atoms with E-state index in [4.69, 9.17) is 9.47 Å². The van der Waals surface area contributed by atoms with Gasteiger partial charge in [0.1, 0.15) is 13.2 Å². The molecule has 2 aliphatic rings. The number of hydrogen-bond acceptors (Lipinski definition) is 6. The Balaban J connectivity index is 0.00000882. The zero-order valence-electron chi connectivity index (χ0n) is 26.9. The van der Waals surface area contributed by atoms with Crippen LogP contribution in [0, 0.1) is 5.41 Å². The summed E-state index contributed by atoms with van der Waals surface area (Å²) >= 11 is 1.80. The van der Waals surface area contributed by atoms with Crippen molar-refractivity contribution in [1.82, 2.24) is 10.2 Å². The smallest absolute Gasteiger partial charge is 0.407 e. The summed E-state index contributed by atoms with van der Waals surface area (Å²) in [4.78, 5) is 26.8. The molecule has 0 bridgehead atoms. The first-order valence-corrected chi connectivity index (χ1v) is 18.3. The number of carbonyl (C=O) groups is 2. The first-order chi connectivity index (χ1) is 20.1. The molecule has 1 aliphatic heterocycles. The van der Waals surface area contributed by atoms with Crippen LogP contribution in [0.25, 0.3) is 0 Å². The average Bonchev–Trinajstić information content (AvgIpc) is 3.68. The second-order valence-corrected chi connectivity index (χ2v) is 13.4. The van der Waals surface area contributed by atoms with Gasteiger partial charge in [0, 0.05) is 31.1 Å². The third-order valence-electron chi connectivity index (χ3n) is 8.70. The van der Waals surface area contributed by atoms with Crippen LogP contribution in [-0.2, 0) is 14.3 Å². The summed E-state index contributed by atoms with van der Waals surface area (Å²) in [5, 5.41) is 5.03. The van der Waals surface area contributed by atoms with Crippen molar-refractivity contribution in [2.75, 3.05) is 32.2 Å². The maximum atomic E-state index is 12.3. The fourth-order valence-corrected chi connectivity index (χ4v) is 6.68. The molecule has 1 amide bonds. The number of rotatable bonds is 26. The molecule has 6 nitrogen and oxygen atoms in total. The van der Waals surface area contributed by atoms with Crippen LogP contribution in [0.3, 0.4) is 0 Å². The minimum Gasteiger partial charge on any atom is -0.465 e. The van der Waals surface area contributed by atoms with Gasteiger partial charge < -0.3 is 19.7 Å². The van der Waals surface area contributed by atoms with Crippen molar-refractivity contribution in [3.05, 3.63) is 11.6 Å². The summed E-state index contributed by atoms with van der Waals surface area (Å²) in [6.07, 6.45) is 29.7. The molecule has 0 atom stereocenters. The van der Waals surface area contributed by atoms with E-state index < -0.39 is 0 Å². The topological polar surface area (TPSA) is 67.9 Å². The zero-order valence-corrected chi connectivity index (χ0v) is 29.4. The highest BCUT2D eigenvalue weighted by Gasteiger charge is 2.37. The number of nitrogens with zero attached hydrogens (tertiary/aromatic N) is 1. The van der Waals surface area contributed by atoms with Crippen LogP contribution in [0.2, 0.25) is 0 Å². The van der Waals surface area contributed by atoms with Crippen LogP contribution in [0.1, 0.15) is 155 Å². The lowest BCUT2D eigenvalue weighted by atomic mass is 9.88. The first kappa shape index (κ1) is 39.1. The molecule has 0 saturated heterocycles. The van der Waals surface area contributed by atoms with Gasteiger partial charge in [0.2, 0.25) is 0 Å². The van der Waals surface area contributed by atoms with E-state index in [1.807, 2.05) is 0 Å². The second kappa shape index (κ2) is 26.5. The van der Waals surface area contributed by atoms with Crippen LogP contribution in [-0.4, -0.2) is 49.1 Å². The Morgan fingerprint density at radius 3 is 1.86 bits per heavy atom. The molecule has 0 spiro atoms. The number of unbranched alkanes of at least 4 members (excludes halogenated alkanes) is 16. The Kier molecular flexibility index (Phi) is 24.7. The summed E-state index contributed by atoms with van der Waals surface area (Å²) in [5.41, 5.74) is -0.210. The number of nitrogens with one attached hydrogen (secondary N) is 1. The van der Waals surface area contributed by atoms with E-state index in [0.29, 0.717) is 26.2 Å². The van der Waals surface area contributed by atoms with Gasteiger partial charge in [0.25, 0.3) is 0 Å². The molecule has 8 heteroatoms. The molecule has 1 heterocycles. The van der Waals surface area contributed by atoms with E-state index in [9.17, 15) is 9.59 Å². The highest BCUT2D eigenvalue weighted by Crippen LogP contribution is 2.38. The molecule has 42 heavy (non-hydrogen) atoms. The number of carbonyl (C=O) groups excluding carboxylic acids is 2. The molecule has 1 aliphatic carbocycles. The van der Waals surface area contributed by atoms with Crippen molar-refractivity contribution < 1.29 is 19.1 Å². The zero-order chi connectivity index (χ0) is 29.3. The van der Waals surface area contributed by atoms with Gasteiger partial charge in [-0.25, -0.2) is 4.79 Å². The van der Waals surface area contributed by atoms with Crippen molar-refractivity contribution in [3.8, 4) is 0 Å². The van der Waals surface area contributed by atoms with Gasteiger partial charge in [-0.15, -0.1) is 28.7 Å². The highest BCUT2D eigenvalue weighted by atomic mass is 79.9. The van der Waals surface area contributed by atoms with Crippen LogP contribution < -0.4 is 5.32 Å². The number of thioether (sulfide) groups is 1. The maximum absolute atomic E-state index is 12.3. The van der Waals surface area contributed by atoms with Crippen molar-refractivity contribution in [2.45, 2.75) is 155 Å². The van der Waals surface area contributed by atoms with Gasteiger partial charge in [0.05, 0.1) is 5.88 Å². The molecule has 0 aromatic rings. The molecule has 0 radical (unpaired) electrons. The number of ether oxygens (including phenoxy) is 2. The molecular formula is C34H63BrN2O4S. The Morgan fingerprint density at radius 1 is 0.762 bits per heavy atom. The summed E-state index contributed by atoms with van der Waals surface area (Å²) in [6, 6.07) is 0. The van der Waals surface area contributed by atoms with E-state index in [0.717, 1.165) is 63.8 Å². The summed E-state index contributed by atoms with van der Waals surface area (Å²) in [6.45, 7) is 4.64. The average molecular weight is 676 g/mol. The van der Waals surface area contributed by atoms with Crippen LogP contribution in [0.4, 0.5) is 4.79 Å². The summed E-state index contributed by atoms with van der Waals surface area (Å²) < 4.78 is 11.2. The molecule has 0 aromatic carbocycles. The van der Waals surface area contributed by atoms with Crippen molar-refractivity contribution in [2.24, 2.45) is 5.41 Å². The molecule has 2 rings (SSSR count). The van der Waals surface area contributed by atoms with Crippen molar-refractivity contribution in [1.29, 1.82) is 0 Å². The standard InChI is InChI=1S/C34H62N2O4S.BrH/c1-2-3-4-5-6-7-8-9-10-11-12-13-14-15-16-20-25-35-33(38)40-30-34(23-18-19-24-34)29-39-32(37)22-17-21-26-36-27-28-41-31-36;/h27-28H,2-26,29-31H2,1H3,(H,35,38);1H. The van der Waals surface area contributed by atoms with E-state index >= 15 is 0 Å². The van der Waals surface area contributed by atoms with Crippen LogP contribution in [0.15, 0.2) is 11.6 Å². The SMILES string of the molecule is Br.CCCCCCCCCCCCCCCCCCNC(=O)OCC1(COC(=O)CCCCN2C=CSC2)CCCC1. The van der Waals surface area contributed by atoms with Gasteiger partial charge in [0.15, 0.2) is 0 Å². The third-order valence-corrected chi connectivity index (χ3v) is 9.49. The molecule has 246 valence electrons. The van der Waals surface area contributed by atoms with Gasteiger partial charge in [-0.3, -0.25) is 4.79 Å². The Labute approximate surface area is 273 Å². The fourth-order valence-electron chi connectivity index (χ4n) is 5.93. The molecule has 1 saturated carbocycles. The fraction of sp³-hybridized carbons (Fsp3) is 0.882. The molecule has 1 N–H and O–H groups in total. The van der Waals surface area contributed by atoms with Crippen molar-refractivity contribution >= 4 is 40.8 Å². The summed E-state index contributed by atoms with van der Waals surface area (Å²) in [5.74, 6) is 0.885. The Bertz CT molecular complexity index is 703. The normalized spacial score (nSPS) is 15.5. The first-order valence-electron chi connectivity index (χ1n) is 17.2. The monoisotopic (exact) mass is 674 g/mol. The predicted molar refractivity (Wildman–Crippen MR) is 183 cm³/mol. The predicted octanol–water partition coefficient (Wildman–Crippen LogP) is 10.3. The minimum absolute atomic E-state index is 0. The largest absolute Gasteiger partial charge is 0.465 e. The molecule has 0 aromatic heterocycles. The van der Waals surface area contributed by atoms with Crippen molar-refractivity contribution in [3.63, 3.8) is 0 Å². The second-order valence-electron chi connectivity index (χ2n) is 12.5. The molecule has 1 fully saturated rings. The van der Waals surface area contributed by atoms with E-state index in [1.165, 1.54) is 89.9 Å². The molecule has 0 unspecified atom stereocenters. The Hall–Kier alpha value is -0.890. The lowest BCUT2D eigenvalue weighted by Crippen LogP contribution is -2.35. The minimum atomic E-state index is -0.335. The summed E-state index contributed by atoms with van der Waals surface area (Å²) in [7, 11) is 0. The van der Waals surface area contributed by atoms with Gasteiger partial charge in [-0.1, -0.05) is 116 Å². The molecular weight excluding hydrogens is 612 g/mol. The maximum Gasteiger partial charge on any atom is 0.407 e. The van der Waals surface area contributed by atoms with E-state index in [-0.39, 0.29) is 34.5 Å². The number of alkyl carbamates (subject to hydrolysis) is 1. The van der Waals surface area contributed by atoms with E-state index in [1.54, 1.807) is 11.8 Å². The lowest BCUT2D eigenvalue weighted by Gasteiger charge is -2.27. The highest BCUT2D eigenvalue weighted by molar-refractivity contribution is 8.93. The third kappa shape index (κ3) is 20.1. The van der Waals surface area contributed by atoms with E-state index in [2.05, 4.69) is 28.7 Å². The van der Waals surface area contributed by atoms with Gasteiger partial charge in [-0.05, 0) is 37.5 Å². The van der Waals surface area contributed by atoms with Crippen LogP contribution >= 0.6 is 28.7 Å². The number of amides is 1. The quantitative estimate of drug-likeness (QED) is 0.0727. The number of halogens is 1. The number of hydrogen-bond donors (Lipinski definition) is 1.